The molecule has 0 spiro atoms. The molecule has 1 heterocycles. The average molecular weight is 334 g/mol. The van der Waals surface area contributed by atoms with E-state index in [1.807, 2.05) is 18.2 Å². The van der Waals surface area contributed by atoms with Crippen molar-refractivity contribution in [2.75, 3.05) is 20.8 Å². The van der Waals surface area contributed by atoms with E-state index in [1.165, 1.54) is 16.7 Å². The Morgan fingerprint density at radius 1 is 1.13 bits per heavy atom. The smallest absolute Gasteiger partial charge is 0.168 e. The fraction of sp³-hybridized carbons (Fsp3) is 0.333. The highest BCUT2D eigenvalue weighted by Crippen LogP contribution is 2.52. The van der Waals surface area contributed by atoms with Crippen LogP contribution in [-0.2, 0) is 12.8 Å². The number of benzene rings is 2. The van der Waals surface area contributed by atoms with E-state index in [0.717, 1.165) is 36.3 Å². The molecular weight excluding hydrogens is 314 g/mol. The molecule has 4 nitrogen and oxygen atoms in total. The van der Waals surface area contributed by atoms with Crippen LogP contribution in [0.2, 0.25) is 0 Å². The maximum atomic E-state index is 10.4. The second kappa shape index (κ2) is 5.95. The number of fused-ring (bicyclic) bond motifs is 2. The molecule has 0 radical (unpaired) electrons. The van der Waals surface area contributed by atoms with Gasteiger partial charge in [-0.25, -0.2) is 0 Å². The molecule has 0 bridgehead atoms. The number of phenols is 1. The van der Waals surface area contributed by atoms with Gasteiger partial charge in [0.2, 0.25) is 0 Å². The predicted molar refractivity (Wildman–Crippen MR) is 92.0 cm³/mol. The number of methoxy groups -OCH3 is 2. The van der Waals surface area contributed by atoms with E-state index in [0.29, 0.717) is 5.75 Å². The molecule has 0 saturated carbocycles. The number of hydrogen-bond acceptors (Lipinski definition) is 4. The van der Waals surface area contributed by atoms with Crippen LogP contribution in [0, 0.1) is 0 Å². The van der Waals surface area contributed by atoms with Gasteiger partial charge in [0, 0.05) is 17.2 Å². The van der Waals surface area contributed by atoms with Gasteiger partial charge in [-0.1, -0.05) is 12.1 Å². The van der Waals surface area contributed by atoms with Gasteiger partial charge < -0.3 is 19.9 Å². The molecule has 122 valence electrons. The molecule has 2 aliphatic rings. The summed E-state index contributed by atoms with van der Waals surface area (Å²) >= 11 is 0. The second-order valence-electron chi connectivity index (χ2n) is 5.83. The van der Waals surface area contributed by atoms with Crippen molar-refractivity contribution in [3.05, 3.63) is 41.0 Å². The van der Waals surface area contributed by atoms with Crippen LogP contribution < -0.4 is 14.8 Å². The Morgan fingerprint density at radius 3 is 2.70 bits per heavy atom. The van der Waals surface area contributed by atoms with Gasteiger partial charge in [0.1, 0.15) is 5.75 Å². The Bertz CT molecular complexity index is 760. The van der Waals surface area contributed by atoms with Crippen LogP contribution in [0.1, 0.15) is 22.7 Å². The molecule has 2 aromatic carbocycles. The maximum Gasteiger partial charge on any atom is 0.168 e. The van der Waals surface area contributed by atoms with Crippen molar-refractivity contribution in [3.63, 3.8) is 0 Å². The lowest BCUT2D eigenvalue weighted by Crippen LogP contribution is -2.33. The minimum atomic E-state index is 0. The molecule has 1 atom stereocenters. The fourth-order valence-electron chi connectivity index (χ4n) is 3.86. The topological polar surface area (TPSA) is 50.7 Å². The normalized spacial score (nSPS) is 17.6. The van der Waals surface area contributed by atoms with Crippen LogP contribution in [0.25, 0.3) is 11.1 Å². The van der Waals surface area contributed by atoms with Gasteiger partial charge in [-0.3, -0.25) is 0 Å². The highest BCUT2D eigenvalue weighted by Gasteiger charge is 2.34. The quantitative estimate of drug-likeness (QED) is 0.886. The van der Waals surface area contributed by atoms with Crippen molar-refractivity contribution < 1.29 is 14.6 Å². The molecule has 1 aliphatic heterocycles. The molecule has 23 heavy (non-hydrogen) atoms. The van der Waals surface area contributed by atoms with Gasteiger partial charge in [0.25, 0.3) is 0 Å². The van der Waals surface area contributed by atoms with Crippen molar-refractivity contribution in [3.8, 4) is 28.4 Å². The molecule has 2 aromatic rings. The third-order valence-electron chi connectivity index (χ3n) is 4.73. The van der Waals surface area contributed by atoms with Crippen LogP contribution in [-0.4, -0.2) is 25.9 Å². The summed E-state index contributed by atoms with van der Waals surface area (Å²) in [7, 11) is 3.29. The van der Waals surface area contributed by atoms with E-state index in [-0.39, 0.29) is 24.2 Å². The maximum absolute atomic E-state index is 10.4. The standard InChI is InChI=1S/C18H19NO3.ClH/c1-21-14-5-3-4-10-8-12-15-11(6-7-19-12)9-13(20)18(22-2)17(15)16(10)14;/h3-5,9,12,19-20H,6-8H2,1-2H3;1H. The monoisotopic (exact) mass is 333 g/mol. The molecule has 2 N–H and O–H groups in total. The van der Waals surface area contributed by atoms with Crippen molar-refractivity contribution in [2.45, 2.75) is 18.9 Å². The average Bonchev–Trinajstić information content (AvgIpc) is 2.54. The van der Waals surface area contributed by atoms with Crippen LogP contribution in [0.3, 0.4) is 0 Å². The third-order valence-corrected chi connectivity index (χ3v) is 4.73. The number of aromatic hydroxyl groups is 1. The summed E-state index contributed by atoms with van der Waals surface area (Å²) in [5.41, 5.74) is 5.70. The van der Waals surface area contributed by atoms with Crippen LogP contribution in [0.15, 0.2) is 24.3 Å². The zero-order valence-corrected chi connectivity index (χ0v) is 14.0. The molecular formula is C18H20ClNO3. The summed E-state index contributed by atoms with van der Waals surface area (Å²) in [4.78, 5) is 0. The van der Waals surface area contributed by atoms with Gasteiger partial charge in [-0.15, -0.1) is 12.4 Å². The number of ether oxygens (including phenoxy) is 2. The summed E-state index contributed by atoms with van der Waals surface area (Å²) in [6, 6.07) is 8.23. The first kappa shape index (κ1) is 16.0. The summed E-state index contributed by atoms with van der Waals surface area (Å²) < 4.78 is 11.1. The first-order valence-electron chi connectivity index (χ1n) is 7.57. The van der Waals surface area contributed by atoms with E-state index in [2.05, 4.69) is 11.4 Å². The highest BCUT2D eigenvalue weighted by molar-refractivity contribution is 5.87. The lowest BCUT2D eigenvalue weighted by Gasteiger charge is -2.35. The van der Waals surface area contributed by atoms with Crippen LogP contribution in [0.5, 0.6) is 17.2 Å². The minimum absolute atomic E-state index is 0. The Hall–Kier alpha value is -1.91. The lowest BCUT2D eigenvalue weighted by atomic mass is 9.77. The zero-order chi connectivity index (χ0) is 15.3. The van der Waals surface area contributed by atoms with Crippen LogP contribution >= 0.6 is 12.4 Å². The Morgan fingerprint density at radius 2 is 1.96 bits per heavy atom. The molecule has 0 aromatic heterocycles. The van der Waals surface area contributed by atoms with Crippen molar-refractivity contribution in [1.29, 1.82) is 0 Å². The van der Waals surface area contributed by atoms with Crippen LogP contribution in [0.4, 0.5) is 0 Å². The van der Waals surface area contributed by atoms with E-state index in [9.17, 15) is 5.11 Å². The molecule has 1 unspecified atom stereocenters. The number of nitrogens with one attached hydrogen (secondary N) is 1. The number of hydrogen-bond donors (Lipinski definition) is 2. The first-order chi connectivity index (χ1) is 10.7. The van der Waals surface area contributed by atoms with Gasteiger partial charge >= 0.3 is 0 Å². The highest BCUT2D eigenvalue weighted by atomic mass is 35.5. The number of phenolic OH excluding ortho intramolecular Hbond substituents is 1. The lowest BCUT2D eigenvalue weighted by molar-refractivity contribution is 0.369. The minimum Gasteiger partial charge on any atom is -0.504 e. The first-order valence-corrected chi connectivity index (χ1v) is 7.57. The van der Waals surface area contributed by atoms with Crippen molar-refractivity contribution in [2.24, 2.45) is 0 Å². The number of rotatable bonds is 2. The summed E-state index contributed by atoms with van der Waals surface area (Å²) in [6.07, 6.45) is 1.85. The SMILES string of the molecule is COc1cccc2c1-c1c(OC)c(O)cc3c1C(C2)NCC3.Cl. The zero-order valence-electron chi connectivity index (χ0n) is 13.2. The Balaban J connectivity index is 0.00000156. The van der Waals surface area contributed by atoms with E-state index in [4.69, 9.17) is 9.47 Å². The van der Waals surface area contributed by atoms with E-state index >= 15 is 0 Å². The molecule has 0 amide bonds. The molecule has 5 heteroatoms. The molecule has 1 aliphatic carbocycles. The van der Waals surface area contributed by atoms with Gasteiger partial charge in [-0.2, -0.15) is 0 Å². The molecule has 4 rings (SSSR count). The third kappa shape index (κ3) is 2.25. The van der Waals surface area contributed by atoms with Gasteiger partial charge in [0.15, 0.2) is 11.5 Å². The molecule has 0 saturated heterocycles. The van der Waals surface area contributed by atoms with Gasteiger partial charge in [-0.05, 0) is 48.2 Å². The van der Waals surface area contributed by atoms with Crippen molar-refractivity contribution in [1.82, 2.24) is 5.32 Å². The Labute approximate surface area is 141 Å². The largest absolute Gasteiger partial charge is 0.504 e. The summed E-state index contributed by atoms with van der Waals surface area (Å²) in [6.45, 7) is 0.933. The number of halogens is 1. The summed E-state index contributed by atoms with van der Waals surface area (Å²) in [5.74, 6) is 1.57. The fourth-order valence-corrected chi connectivity index (χ4v) is 3.86. The summed E-state index contributed by atoms with van der Waals surface area (Å²) in [5, 5.41) is 14.0. The van der Waals surface area contributed by atoms with E-state index in [1.54, 1.807) is 14.2 Å². The van der Waals surface area contributed by atoms with Gasteiger partial charge in [0.05, 0.1) is 14.2 Å². The van der Waals surface area contributed by atoms with E-state index < -0.39 is 0 Å². The predicted octanol–water partition coefficient (Wildman–Crippen LogP) is 3.24. The molecule has 0 fully saturated rings. The van der Waals surface area contributed by atoms with Crippen molar-refractivity contribution >= 4 is 12.4 Å². The second-order valence-corrected chi connectivity index (χ2v) is 5.83. The Kier molecular flexibility index (Phi) is 4.13.